The Labute approximate surface area is 232 Å². The van der Waals surface area contributed by atoms with Crippen molar-refractivity contribution in [3.05, 3.63) is 120 Å². The van der Waals surface area contributed by atoms with Gasteiger partial charge in [0.1, 0.15) is 5.69 Å². The SMILES string of the molecule is O=C(Nc1cccnc1)c1cccc(Cc2c(-c3ccccn3)nn(C3CCS(=O)(=O)C3)c2-c2ccccc2)c1. The van der Waals surface area contributed by atoms with Gasteiger partial charge in [-0.1, -0.05) is 48.5 Å². The molecule has 0 saturated carbocycles. The Kier molecular flexibility index (Phi) is 6.96. The van der Waals surface area contributed by atoms with Gasteiger partial charge in [-0.3, -0.25) is 19.4 Å². The maximum absolute atomic E-state index is 13.0. The molecule has 1 unspecified atom stereocenters. The van der Waals surface area contributed by atoms with Gasteiger partial charge in [-0.25, -0.2) is 8.42 Å². The van der Waals surface area contributed by atoms with Crippen LogP contribution in [-0.2, 0) is 16.3 Å². The lowest BCUT2D eigenvalue weighted by Crippen LogP contribution is -2.14. The lowest BCUT2D eigenvalue weighted by molar-refractivity contribution is 0.102. The minimum Gasteiger partial charge on any atom is -0.321 e. The number of amides is 1. The van der Waals surface area contributed by atoms with Gasteiger partial charge in [0.15, 0.2) is 9.84 Å². The van der Waals surface area contributed by atoms with E-state index in [4.69, 9.17) is 5.10 Å². The van der Waals surface area contributed by atoms with Crippen LogP contribution in [0.5, 0.6) is 0 Å². The molecule has 1 atom stereocenters. The number of rotatable bonds is 7. The van der Waals surface area contributed by atoms with E-state index in [-0.39, 0.29) is 23.5 Å². The van der Waals surface area contributed by atoms with E-state index in [0.29, 0.717) is 35.5 Å². The third-order valence-corrected chi connectivity index (χ3v) is 8.76. The topological polar surface area (TPSA) is 107 Å². The molecule has 1 N–H and O–H groups in total. The highest BCUT2D eigenvalue weighted by atomic mass is 32.2. The molecule has 9 heteroatoms. The van der Waals surface area contributed by atoms with Crippen LogP contribution < -0.4 is 5.32 Å². The van der Waals surface area contributed by atoms with Crippen LogP contribution in [0, 0.1) is 0 Å². The van der Waals surface area contributed by atoms with Gasteiger partial charge in [0.2, 0.25) is 0 Å². The Morgan fingerprint density at radius 2 is 1.80 bits per heavy atom. The Hall–Kier alpha value is -4.63. The molecule has 0 radical (unpaired) electrons. The first-order valence-corrected chi connectivity index (χ1v) is 14.9. The second kappa shape index (κ2) is 10.9. The van der Waals surface area contributed by atoms with Gasteiger partial charge in [0.25, 0.3) is 5.91 Å². The minimum atomic E-state index is -3.14. The number of benzene rings is 2. The smallest absolute Gasteiger partial charge is 0.255 e. The van der Waals surface area contributed by atoms with E-state index >= 15 is 0 Å². The number of carbonyl (C=O) groups excluding carboxylic acids is 1. The molecule has 4 heterocycles. The van der Waals surface area contributed by atoms with Gasteiger partial charge in [-0.15, -0.1) is 0 Å². The largest absolute Gasteiger partial charge is 0.321 e. The molecule has 1 fully saturated rings. The average Bonchev–Trinajstić information content (AvgIpc) is 3.54. The molecule has 2 aromatic carbocycles. The third-order valence-electron chi connectivity index (χ3n) is 7.01. The van der Waals surface area contributed by atoms with Crippen LogP contribution >= 0.6 is 0 Å². The minimum absolute atomic E-state index is 0.0552. The monoisotopic (exact) mass is 549 g/mol. The first-order valence-electron chi connectivity index (χ1n) is 13.1. The van der Waals surface area contributed by atoms with E-state index in [1.807, 2.05) is 71.4 Å². The second-order valence-electron chi connectivity index (χ2n) is 9.83. The molecule has 1 aliphatic rings. The summed E-state index contributed by atoms with van der Waals surface area (Å²) in [6.45, 7) is 0. The summed E-state index contributed by atoms with van der Waals surface area (Å²) in [5, 5.41) is 7.91. The van der Waals surface area contributed by atoms with Crippen LogP contribution in [-0.4, -0.2) is 45.6 Å². The Morgan fingerprint density at radius 1 is 0.950 bits per heavy atom. The lowest BCUT2D eigenvalue weighted by atomic mass is 9.96. The first kappa shape index (κ1) is 25.6. The molecule has 1 saturated heterocycles. The van der Waals surface area contributed by atoms with E-state index in [9.17, 15) is 13.2 Å². The molecule has 1 amide bonds. The number of carbonyl (C=O) groups is 1. The first-order chi connectivity index (χ1) is 19.5. The van der Waals surface area contributed by atoms with Gasteiger partial charge >= 0.3 is 0 Å². The van der Waals surface area contributed by atoms with E-state index in [2.05, 4.69) is 15.3 Å². The zero-order valence-corrected chi connectivity index (χ0v) is 22.5. The average molecular weight is 550 g/mol. The van der Waals surface area contributed by atoms with Crippen molar-refractivity contribution in [2.45, 2.75) is 18.9 Å². The summed E-state index contributed by atoms with van der Waals surface area (Å²) in [4.78, 5) is 21.7. The van der Waals surface area contributed by atoms with Gasteiger partial charge in [0, 0.05) is 35.5 Å². The van der Waals surface area contributed by atoms with E-state index in [1.54, 1.807) is 36.8 Å². The van der Waals surface area contributed by atoms with Crippen LogP contribution in [0.4, 0.5) is 5.69 Å². The summed E-state index contributed by atoms with van der Waals surface area (Å²) >= 11 is 0. The summed E-state index contributed by atoms with van der Waals surface area (Å²) < 4.78 is 26.8. The fraction of sp³-hybridized carbons (Fsp3) is 0.161. The van der Waals surface area contributed by atoms with Crippen molar-refractivity contribution in [3.63, 3.8) is 0 Å². The lowest BCUT2D eigenvalue weighted by Gasteiger charge is -2.15. The van der Waals surface area contributed by atoms with Gasteiger partial charge in [0.05, 0.1) is 40.8 Å². The summed E-state index contributed by atoms with van der Waals surface area (Å²) in [6.07, 6.45) is 5.97. The number of hydrogen-bond donors (Lipinski definition) is 1. The normalized spacial score (nSPS) is 16.1. The molecular formula is C31H27N5O3S. The zero-order valence-electron chi connectivity index (χ0n) is 21.6. The zero-order chi connectivity index (χ0) is 27.5. The molecule has 0 spiro atoms. The molecule has 200 valence electrons. The van der Waals surface area contributed by atoms with Gasteiger partial charge in [-0.05, 0) is 48.4 Å². The molecule has 0 bridgehead atoms. The van der Waals surface area contributed by atoms with Crippen molar-refractivity contribution in [1.82, 2.24) is 19.7 Å². The van der Waals surface area contributed by atoms with Crippen molar-refractivity contribution in [2.75, 3.05) is 16.8 Å². The van der Waals surface area contributed by atoms with E-state index in [1.165, 1.54) is 0 Å². The van der Waals surface area contributed by atoms with Crippen LogP contribution in [0.3, 0.4) is 0 Å². The van der Waals surface area contributed by atoms with Crippen LogP contribution in [0.1, 0.15) is 33.9 Å². The van der Waals surface area contributed by atoms with Crippen molar-refractivity contribution < 1.29 is 13.2 Å². The maximum Gasteiger partial charge on any atom is 0.255 e. The van der Waals surface area contributed by atoms with Crippen LogP contribution in [0.15, 0.2) is 104 Å². The second-order valence-corrected chi connectivity index (χ2v) is 12.1. The summed E-state index contributed by atoms with van der Waals surface area (Å²) in [5.74, 6) is -0.0248. The molecule has 5 aromatic rings. The van der Waals surface area contributed by atoms with E-state index < -0.39 is 9.84 Å². The molecule has 6 rings (SSSR count). The Morgan fingerprint density at radius 3 is 2.52 bits per heavy atom. The fourth-order valence-corrected chi connectivity index (χ4v) is 6.84. The predicted octanol–water partition coefficient (Wildman–Crippen LogP) is 5.21. The highest BCUT2D eigenvalue weighted by Gasteiger charge is 2.33. The van der Waals surface area contributed by atoms with Crippen molar-refractivity contribution in [3.8, 4) is 22.6 Å². The van der Waals surface area contributed by atoms with Gasteiger partial charge in [-0.2, -0.15) is 5.10 Å². The van der Waals surface area contributed by atoms with Crippen molar-refractivity contribution in [1.29, 1.82) is 0 Å². The van der Waals surface area contributed by atoms with Crippen LogP contribution in [0.2, 0.25) is 0 Å². The Balaban J connectivity index is 1.45. The summed E-state index contributed by atoms with van der Waals surface area (Å²) in [6, 6.07) is 26.4. The molecule has 1 aliphatic heterocycles. The number of sulfone groups is 1. The number of nitrogens with one attached hydrogen (secondary N) is 1. The maximum atomic E-state index is 13.0. The molecule has 0 aliphatic carbocycles. The quantitative estimate of drug-likeness (QED) is 0.299. The predicted molar refractivity (Wildman–Crippen MR) is 155 cm³/mol. The highest BCUT2D eigenvalue weighted by molar-refractivity contribution is 7.91. The number of hydrogen-bond acceptors (Lipinski definition) is 6. The fourth-order valence-electron chi connectivity index (χ4n) is 5.15. The van der Waals surface area contributed by atoms with Gasteiger partial charge < -0.3 is 5.32 Å². The number of nitrogens with zero attached hydrogens (tertiary/aromatic N) is 4. The standard InChI is InChI=1S/C31H27N5O3S/c37-31(34-25-12-7-15-32-20-25)24-11-6-8-22(18-24)19-27-29(28-13-4-5-16-33-28)35-36(26-14-17-40(38,39)21-26)30(27)23-9-2-1-3-10-23/h1-13,15-16,18,20,26H,14,17,19,21H2,(H,34,37). The summed E-state index contributed by atoms with van der Waals surface area (Å²) in [5.41, 5.74) is 6.22. The van der Waals surface area contributed by atoms with Crippen molar-refractivity contribution >= 4 is 21.4 Å². The Bertz CT molecular complexity index is 1760. The van der Waals surface area contributed by atoms with Crippen molar-refractivity contribution in [2.24, 2.45) is 0 Å². The molecular weight excluding hydrogens is 522 g/mol. The molecule has 3 aromatic heterocycles. The molecule has 40 heavy (non-hydrogen) atoms. The number of anilines is 1. The third kappa shape index (κ3) is 5.41. The summed E-state index contributed by atoms with van der Waals surface area (Å²) in [7, 11) is -3.14. The highest BCUT2D eigenvalue weighted by Crippen LogP contribution is 2.37. The number of pyridine rings is 2. The molecule has 8 nitrogen and oxygen atoms in total. The number of aromatic nitrogens is 4. The van der Waals surface area contributed by atoms with E-state index in [0.717, 1.165) is 22.4 Å². The van der Waals surface area contributed by atoms with Crippen LogP contribution in [0.25, 0.3) is 22.6 Å².